The molecule has 1 atom stereocenters. The first-order valence-electron chi connectivity index (χ1n) is 9.13. The lowest BCUT2D eigenvalue weighted by Crippen LogP contribution is -2.50. The number of nitrogens with two attached hydrogens (primary N) is 1. The number of rotatable bonds is 5. The van der Waals surface area contributed by atoms with Gasteiger partial charge >= 0.3 is 6.03 Å². The Kier molecular flexibility index (Phi) is 5.59. The summed E-state index contributed by atoms with van der Waals surface area (Å²) in [6, 6.07) is 11.1. The van der Waals surface area contributed by atoms with Crippen molar-refractivity contribution in [1.82, 2.24) is 15.2 Å². The number of hydrogen-bond donors (Lipinski definition) is 3. The molecule has 1 aliphatic rings. The average molecular weight is 367 g/mol. The zero-order chi connectivity index (χ0) is 19.4. The molecule has 0 radical (unpaired) electrons. The van der Waals surface area contributed by atoms with Crippen LogP contribution in [-0.2, 0) is 4.79 Å². The number of benzene rings is 1. The van der Waals surface area contributed by atoms with Crippen LogP contribution < -0.4 is 16.4 Å². The summed E-state index contributed by atoms with van der Waals surface area (Å²) in [6.07, 6.45) is 2.23. The lowest BCUT2D eigenvalue weighted by Gasteiger charge is -2.39. The van der Waals surface area contributed by atoms with Crippen LogP contribution in [0.15, 0.2) is 42.6 Å². The van der Waals surface area contributed by atoms with Crippen LogP contribution in [0, 0.1) is 0 Å². The van der Waals surface area contributed by atoms with E-state index in [2.05, 4.69) is 15.6 Å². The van der Waals surface area contributed by atoms with Crippen LogP contribution in [0.1, 0.15) is 43.4 Å². The number of nitrogens with zero attached hydrogens (tertiary/aromatic N) is 2. The topological polar surface area (TPSA) is 100 Å². The van der Waals surface area contributed by atoms with E-state index < -0.39 is 0 Å². The highest BCUT2D eigenvalue weighted by Gasteiger charge is 2.31. The minimum Gasteiger partial charge on any atom is -0.384 e. The Labute approximate surface area is 159 Å². The number of nitrogens with one attached hydrogen (secondary N) is 2. The van der Waals surface area contributed by atoms with Gasteiger partial charge < -0.3 is 21.3 Å². The maximum absolute atomic E-state index is 12.4. The van der Waals surface area contributed by atoms with Crippen LogP contribution in [0.2, 0.25) is 0 Å². The van der Waals surface area contributed by atoms with Crippen LogP contribution in [0.5, 0.6) is 0 Å². The van der Waals surface area contributed by atoms with Crippen molar-refractivity contribution in [2.75, 3.05) is 24.1 Å². The third-order valence-corrected chi connectivity index (χ3v) is 4.81. The summed E-state index contributed by atoms with van der Waals surface area (Å²) in [5, 5.41) is 5.83. The van der Waals surface area contributed by atoms with E-state index in [0.29, 0.717) is 31.2 Å². The largest absolute Gasteiger partial charge is 0.384 e. The summed E-state index contributed by atoms with van der Waals surface area (Å²) in [6.45, 7) is 5.09. The van der Waals surface area contributed by atoms with Crippen molar-refractivity contribution in [2.45, 2.75) is 32.2 Å². The Bertz CT molecular complexity index is 798. The second kappa shape index (κ2) is 8.07. The Balaban J connectivity index is 1.50. The van der Waals surface area contributed by atoms with Gasteiger partial charge in [-0.2, -0.15) is 0 Å². The molecule has 0 unspecified atom stereocenters. The molecule has 2 heterocycles. The third kappa shape index (κ3) is 4.55. The Morgan fingerprint density at radius 1 is 1.22 bits per heavy atom. The quantitative estimate of drug-likeness (QED) is 0.756. The van der Waals surface area contributed by atoms with Gasteiger partial charge in [0.2, 0.25) is 5.91 Å². The predicted molar refractivity (Wildman–Crippen MR) is 105 cm³/mol. The molecular weight excluding hydrogens is 342 g/mol. The minimum atomic E-state index is -0.116. The van der Waals surface area contributed by atoms with E-state index in [9.17, 15) is 9.59 Å². The minimum absolute atomic E-state index is 0.0171. The molecule has 1 fully saturated rings. The van der Waals surface area contributed by atoms with E-state index >= 15 is 0 Å². The Morgan fingerprint density at radius 3 is 2.52 bits per heavy atom. The fraction of sp³-hybridized carbons (Fsp3) is 0.350. The number of hydrogen-bond acceptors (Lipinski definition) is 4. The number of amides is 3. The molecule has 1 aromatic carbocycles. The van der Waals surface area contributed by atoms with Crippen LogP contribution in [-0.4, -0.2) is 34.9 Å². The summed E-state index contributed by atoms with van der Waals surface area (Å²) >= 11 is 0. The molecular formula is C20H25N5O2. The average Bonchev–Trinajstić information content (AvgIpc) is 2.62. The normalized spacial score (nSPS) is 15.0. The fourth-order valence-electron chi connectivity index (χ4n) is 3.00. The molecule has 0 aliphatic carbocycles. The van der Waals surface area contributed by atoms with Crippen LogP contribution in [0.25, 0.3) is 0 Å². The van der Waals surface area contributed by atoms with Gasteiger partial charge in [-0.15, -0.1) is 0 Å². The molecule has 7 heteroatoms. The fourth-order valence-corrected chi connectivity index (χ4v) is 3.00. The van der Waals surface area contributed by atoms with E-state index in [-0.39, 0.29) is 18.0 Å². The summed E-state index contributed by atoms with van der Waals surface area (Å²) in [4.78, 5) is 29.7. The molecule has 4 N–H and O–H groups in total. The summed E-state index contributed by atoms with van der Waals surface area (Å²) in [7, 11) is 0. The number of carbonyl (C=O) groups is 2. The Hall–Kier alpha value is -3.09. The summed E-state index contributed by atoms with van der Waals surface area (Å²) < 4.78 is 0. The summed E-state index contributed by atoms with van der Waals surface area (Å²) in [5.74, 6) is 0.817. The SMILES string of the molecule is CCC(=O)N[C@@H](C)c1ccc(NC(=O)N2CC(c3ccc(N)nc3)C2)cc1. The van der Waals surface area contributed by atoms with E-state index in [0.717, 1.165) is 16.8 Å². The van der Waals surface area contributed by atoms with Crippen LogP contribution in [0.4, 0.5) is 16.3 Å². The van der Waals surface area contributed by atoms with Crippen molar-refractivity contribution in [3.05, 3.63) is 53.7 Å². The van der Waals surface area contributed by atoms with Crippen molar-refractivity contribution >= 4 is 23.4 Å². The molecule has 3 rings (SSSR count). The predicted octanol–water partition coefficient (Wildman–Crippen LogP) is 2.88. The van der Waals surface area contributed by atoms with Crippen molar-refractivity contribution in [1.29, 1.82) is 0 Å². The number of nitrogen functional groups attached to an aromatic ring is 1. The van der Waals surface area contributed by atoms with Gasteiger partial charge in [0.05, 0.1) is 6.04 Å². The lowest BCUT2D eigenvalue weighted by atomic mass is 9.93. The third-order valence-electron chi connectivity index (χ3n) is 4.81. The van der Waals surface area contributed by atoms with E-state index in [4.69, 9.17) is 5.73 Å². The lowest BCUT2D eigenvalue weighted by molar-refractivity contribution is -0.121. The van der Waals surface area contributed by atoms with Crippen molar-refractivity contribution < 1.29 is 9.59 Å². The molecule has 1 aliphatic heterocycles. The zero-order valence-corrected chi connectivity index (χ0v) is 15.6. The van der Waals surface area contributed by atoms with Gasteiger partial charge in [-0.25, -0.2) is 9.78 Å². The van der Waals surface area contributed by atoms with Crippen molar-refractivity contribution in [3.8, 4) is 0 Å². The maximum Gasteiger partial charge on any atom is 0.321 e. The first kappa shape index (κ1) is 18.7. The van der Waals surface area contributed by atoms with Gasteiger partial charge in [-0.05, 0) is 36.2 Å². The van der Waals surface area contributed by atoms with Crippen molar-refractivity contribution in [2.24, 2.45) is 0 Å². The second-order valence-corrected chi connectivity index (χ2v) is 6.81. The van der Waals surface area contributed by atoms with E-state index in [1.165, 1.54) is 0 Å². The standard InChI is InChI=1S/C20H25N5O2/c1-3-19(26)23-13(2)14-4-7-17(8-5-14)24-20(27)25-11-16(12-25)15-6-9-18(21)22-10-15/h4-10,13,16H,3,11-12H2,1-2H3,(H2,21,22)(H,23,26)(H,24,27)/t13-/m0/s1. The molecule has 27 heavy (non-hydrogen) atoms. The second-order valence-electron chi connectivity index (χ2n) is 6.81. The highest BCUT2D eigenvalue weighted by molar-refractivity contribution is 5.90. The number of aromatic nitrogens is 1. The number of pyridine rings is 1. The molecule has 3 amide bonds. The van der Waals surface area contributed by atoms with Gasteiger partial charge in [0, 0.05) is 37.3 Å². The number of anilines is 2. The van der Waals surface area contributed by atoms with Gasteiger partial charge in [0.1, 0.15) is 5.82 Å². The molecule has 1 saturated heterocycles. The first-order valence-corrected chi connectivity index (χ1v) is 9.13. The molecule has 0 bridgehead atoms. The molecule has 1 aromatic heterocycles. The van der Waals surface area contributed by atoms with Gasteiger partial charge in [-0.3, -0.25) is 4.79 Å². The molecule has 142 valence electrons. The van der Waals surface area contributed by atoms with Crippen LogP contribution in [0.3, 0.4) is 0 Å². The molecule has 7 nitrogen and oxygen atoms in total. The smallest absolute Gasteiger partial charge is 0.321 e. The number of likely N-dealkylation sites (tertiary alicyclic amines) is 1. The monoisotopic (exact) mass is 367 g/mol. The molecule has 2 aromatic rings. The van der Waals surface area contributed by atoms with Gasteiger partial charge in [0.25, 0.3) is 0 Å². The van der Waals surface area contributed by atoms with E-state index in [1.807, 2.05) is 44.2 Å². The maximum atomic E-state index is 12.4. The zero-order valence-electron chi connectivity index (χ0n) is 15.6. The highest BCUT2D eigenvalue weighted by Crippen LogP contribution is 2.27. The number of carbonyl (C=O) groups excluding carboxylic acids is 2. The Morgan fingerprint density at radius 2 is 1.93 bits per heavy atom. The molecule has 0 saturated carbocycles. The van der Waals surface area contributed by atoms with Crippen molar-refractivity contribution in [3.63, 3.8) is 0 Å². The first-order chi connectivity index (χ1) is 13.0. The highest BCUT2D eigenvalue weighted by atomic mass is 16.2. The van der Waals surface area contributed by atoms with Crippen LogP contribution >= 0.6 is 0 Å². The number of urea groups is 1. The molecule has 0 spiro atoms. The van der Waals surface area contributed by atoms with E-state index in [1.54, 1.807) is 17.2 Å². The van der Waals surface area contributed by atoms with Gasteiger partial charge in [0.15, 0.2) is 0 Å². The van der Waals surface area contributed by atoms with Gasteiger partial charge in [-0.1, -0.05) is 25.1 Å². The summed E-state index contributed by atoms with van der Waals surface area (Å²) in [5.41, 5.74) is 8.43.